The van der Waals surface area contributed by atoms with Gasteiger partial charge in [-0.15, -0.1) is 11.8 Å². The topological polar surface area (TPSA) is 47.3 Å². The van der Waals surface area contributed by atoms with E-state index in [1.807, 2.05) is 12.1 Å². The summed E-state index contributed by atoms with van der Waals surface area (Å²) in [7, 11) is 0. The number of hydrazine groups is 1. The molecular formula is C16H17FN2OS. The predicted octanol–water partition coefficient (Wildman–Crippen LogP) is 3.06. The lowest BCUT2D eigenvalue weighted by Gasteiger charge is -2.18. The lowest BCUT2D eigenvalue weighted by molar-refractivity contribution is 0.350. The van der Waals surface area contributed by atoms with Crippen molar-refractivity contribution >= 4 is 11.8 Å². The highest BCUT2D eigenvalue weighted by atomic mass is 32.2. The molecule has 1 aliphatic rings. The summed E-state index contributed by atoms with van der Waals surface area (Å²) in [6.07, 6.45) is 0.950. The van der Waals surface area contributed by atoms with Crippen molar-refractivity contribution in [1.29, 1.82) is 0 Å². The van der Waals surface area contributed by atoms with Crippen LogP contribution in [0.15, 0.2) is 47.4 Å². The van der Waals surface area contributed by atoms with Gasteiger partial charge in [0.2, 0.25) is 0 Å². The van der Waals surface area contributed by atoms with Crippen LogP contribution in [0.5, 0.6) is 5.75 Å². The Bertz CT molecular complexity index is 618. The molecule has 0 amide bonds. The molecule has 0 aromatic heterocycles. The molecule has 0 saturated heterocycles. The predicted molar refractivity (Wildman–Crippen MR) is 82.8 cm³/mol. The number of nitrogens with one attached hydrogen (secondary N) is 1. The summed E-state index contributed by atoms with van der Waals surface area (Å²) < 4.78 is 18.6. The van der Waals surface area contributed by atoms with Crippen molar-refractivity contribution in [2.45, 2.75) is 17.4 Å². The molecule has 3 nitrogen and oxygen atoms in total. The highest BCUT2D eigenvalue weighted by Gasteiger charge is 2.21. The van der Waals surface area contributed by atoms with Gasteiger partial charge in [-0.05, 0) is 29.8 Å². The maximum atomic E-state index is 12.9. The Morgan fingerprint density at radius 3 is 2.81 bits per heavy atom. The minimum atomic E-state index is -0.220. The lowest BCUT2D eigenvalue weighted by Crippen LogP contribution is -2.30. The second-order valence-corrected chi connectivity index (χ2v) is 6.01. The zero-order chi connectivity index (χ0) is 14.7. The second kappa shape index (κ2) is 6.47. The average Bonchev–Trinajstić information content (AvgIpc) is 2.99. The number of thioether (sulfide) groups is 1. The standard InChI is InChI=1S/C16H17FN2OS/c17-12-4-6-13(7-5-12)21-10-15(19-18)14-3-1-2-11-8-9-20-16(11)14/h1-7,15,19H,8-10,18H2. The van der Waals surface area contributed by atoms with Gasteiger partial charge in [-0.1, -0.05) is 18.2 Å². The smallest absolute Gasteiger partial charge is 0.127 e. The normalized spacial score (nSPS) is 14.6. The molecule has 2 aromatic carbocycles. The number of nitrogens with two attached hydrogens (primary N) is 1. The Balaban J connectivity index is 1.74. The van der Waals surface area contributed by atoms with Gasteiger partial charge in [0.25, 0.3) is 0 Å². The molecule has 3 N–H and O–H groups in total. The molecule has 0 bridgehead atoms. The van der Waals surface area contributed by atoms with Crippen molar-refractivity contribution in [3.8, 4) is 5.75 Å². The fraction of sp³-hybridized carbons (Fsp3) is 0.250. The molecule has 0 aliphatic carbocycles. The SMILES string of the molecule is NNC(CSc1ccc(F)cc1)c1cccc2c1OCC2. The van der Waals surface area contributed by atoms with Crippen molar-refractivity contribution in [2.75, 3.05) is 12.4 Å². The van der Waals surface area contributed by atoms with Gasteiger partial charge in [-0.2, -0.15) is 0 Å². The van der Waals surface area contributed by atoms with Crippen LogP contribution in [0, 0.1) is 5.82 Å². The van der Waals surface area contributed by atoms with Crippen molar-refractivity contribution in [1.82, 2.24) is 5.43 Å². The summed E-state index contributed by atoms with van der Waals surface area (Å²) in [5, 5.41) is 0. The monoisotopic (exact) mass is 304 g/mol. The van der Waals surface area contributed by atoms with Crippen LogP contribution in [0.2, 0.25) is 0 Å². The number of fused-ring (bicyclic) bond motifs is 1. The molecule has 1 aliphatic heterocycles. The van der Waals surface area contributed by atoms with Gasteiger partial charge in [-0.3, -0.25) is 11.3 Å². The lowest BCUT2D eigenvalue weighted by atomic mass is 10.0. The van der Waals surface area contributed by atoms with E-state index in [1.54, 1.807) is 23.9 Å². The van der Waals surface area contributed by atoms with E-state index in [-0.39, 0.29) is 11.9 Å². The van der Waals surface area contributed by atoms with Crippen molar-refractivity contribution in [3.05, 3.63) is 59.4 Å². The number of hydrogen-bond acceptors (Lipinski definition) is 4. The zero-order valence-corrected chi connectivity index (χ0v) is 12.3. The molecule has 3 rings (SSSR count). The van der Waals surface area contributed by atoms with Crippen LogP contribution in [-0.2, 0) is 6.42 Å². The molecule has 110 valence electrons. The van der Waals surface area contributed by atoms with E-state index in [0.29, 0.717) is 0 Å². The van der Waals surface area contributed by atoms with E-state index in [9.17, 15) is 4.39 Å². The van der Waals surface area contributed by atoms with Gasteiger partial charge in [0.1, 0.15) is 11.6 Å². The van der Waals surface area contributed by atoms with Gasteiger partial charge >= 0.3 is 0 Å². The maximum Gasteiger partial charge on any atom is 0.127 e. The molecule has 21 heavy (non-hydrogen) atoms. The Morgan fingerprint density at radius 1 is 1.24 bits per heavy atom. The van der Waals surface area contributed by atoms with E-state index in [1.165, 1.54) is 17.7 Å². The van der Waals surface area contributed by atoms with Gasteiger partial charge in [0.15, 0.2) is 0 Å². The average molecular weight is 304 g/mol. The maximum absolute atomic E-state index is 12.9. The highest BCUT2D eigenvalue weighted by molar-refractivity contribution is 7.99. The zero-order valence-electron chi connectivity index (χ0n) is 11.5. The number of hydrogen-bond donors (Lipinski definition) is 2. The van der Waals surface area contributed by atoms with E-state index in [4.69, 9.17) is 10.6 Å². The van der Waals surface area contributed by atoms with Crippen molar-refractivity contribution in [2.24, 2.45) is 5.84 Å². The van der Waals surface area contributed by atoms with Gasteiger partial charge < -0.3 is 4.74 Å². The van der Waals surface area contributed by atoms with Crippen LogP contribution >= 0.6 is 11.8 Å². The summed E-state index contributed by atoms with van der Waals surface area (Å²) >= 11 is 1.64. The Labute approximate surface area is 127 Å². The molecule has 0 spiro atoms. The van der Waals surface area contributed by atoms with Crippen molar-refractivity contribution < 1.29 is 9.13 Å². The molecule has 5 heteroatoms. The first-order valence-corrected chi connectivity index (χ1v) is 7.85. The number of halogens is 1. The summed E-state index contributed by atoms with van der Waals surface area (Å²) in [4.78, 5) is 1.02. The third-order valence-electron chi connectivity index (χ3n) is 3.55. The minimum absolute atomic E-state index is 0.00639. The minimum Gasteiger partial charge on any atom is -0.493 e. The number of rotatable bonds is 5. The fourth-order valence-electron chi connectivity index (χ4n) is 2.45. The van der Waals surface area contributed by atoms with Gasteiger partial charge in [0, 0.05) is 22.6 Å². The number of para-hydroxylation sites is 1. The number of benzene rings is 2. The summed E-state index contributed by atoms with van der Waals surface area (Å²) in [5.41, 5.74) is 5.18. The van der Waals surface area contributed by atoms with E-state index in [0.717, 1.165) is 35.0 Å². The fourth-order valence-corrected chi connectivity index (χ4v) is 3.42. The Hall–Kier alpha value is -1.56. The molecule has 0 saturated carbocycles. The van der Waals surface area contributed by atoms with Crippen LogP contribution in [0.25, 0.3) is 0 Å². The quantitative estimate of drug-likeness (QED) is 0.506. The molecule has 2 aromatic rings. The Morgan fingerprint density at radius 2 is 2.05 bits per heavy atom. The first-order valence-electron chi connectivity index (χ1n) is 6.87. The van der Waals surface area contributed by atoms with Crippen LogP contribution < -0.4 is 16.0 Å². The van der Waals surface area contributed by atoms with Gasteiger partial charge in [-0.25, -0.2) is 4.39 Å². The van der Waals surface area contributed by atoms with Gasteiger partial charge in [0.05, 0.1) is 12.6 Å². The molecule has 1 heterocycles. The third kappa shape index (κ3) is 3.20. The van der Waals surface area contributed by atoms with Crippen LogP contribution in [-0.4, -0.2) is 12.4 Å². The number of ether oxygens (including phenoxy) is 1. The molecule has 0 fully saturated rings. The summed E-state index contributed by atoms with van der Waals surface area (Å²) in [6.45, 7) is 0.731. The first kappa shape index (κ1) is 14.4. The summed E-state index contributed by atoms with van der Waals surface area (Å²) in [5.74, 6) is 7.20. The van der Waals surface area contributed by atoms with E-state index >= 15 is 0 Å². The van der Waals surface area contributed by atoms with Crippen molar-refractivity contribution in [3.63, 3.8) is 0 Å². The molecular weight excluding hydrogens is 287 g/mol. The van der Waals surface area contributed by atoms with Crippen LogP contribution in [0.3, 0.4) is 0 Å². The van der Waals surface area contributed by atoms with Crippen LogP contribution in [0.4, 0.5) is 4.39 Å². The molecule has 0 radical (unpaired) electrons. The second-order valence-electron chi connectivity index (χ2n) is 4.92. The molecule has 1 unspecified atom stereocenters. The van der Waals surface area contributed by atoms with E-state index in [2.05, 4.69) is 11.5 Å². The first-order chi connectivity index (χ1) is 10.3. The Kier molecular flexibility index (Phi) is 4.43. The van der Waals surface area contributed by atoms with Crippen LogP contribution in [0.1, 0.15) is 17.2 Å². The molecule has 1 atom stereocenters. The van der Waals surface area contributed by atoms with E-state index < -0.39 is 0 Å². The highest BCUT2D eigenvalue weighted by Crippen LogP contribution is 2.35. The third-order valence-corrected chi connectivity index (χ3v) is 4.66. The largest absolute Gasteiger partial charge is 0.493 e. The summed E-state index contributed by atoms with van der Waals surface area (Å²) in [6, 6.07) is 12.7.